The molecule has 1 aromatic carbocycles. The molecule has 7 heteroatoms. The lowest BCUT2D eigenvalue weighted by atomic mass is 10.2. The molecule has 0 radical (unpaired) electrons. The fraction of sp³-hybridized carbons (Fsp3) is 0.214. The Labute approximate surface area is 125 Å². The number of rotatable bonds is 4. The van der Waals surface area contributed by atoms with Crippen molar-refractivity contribution in [2.75, 3.05) is 0 Å². The van der Waals surface area contributed by atoms with Crippen molar-refractivity contribution < 1.29 is 14.6 Å². The summed E-state index contributed by atoms with van der Waals surface area (Å²) in [6, 6.07) is 5.35. The van der Waals surface area contributed by atoms with Gasteiger partial charge in [-0.1, -0.05) is 25.4 Å². The summed E-state index contributed by atoms with van der Waals surface area (Å²) < 4.78 is 5.43. The van der Waals surface area contributed by atoms with Crippen LogP contribution in [0.4, 0.5) is 0 Å². The van der Waals surface area contributed by atoms with Crippen molar-refractivity contribution in [1.29, 1.82) is 0 Å². The predicted molar refractivity (Wildman–Crippen MR) is 77.4 cm³/mol. The second-order valence-electron chi connectivity index (χ2n) is 4.67. The number of halogens is 1. The molecule has 2 N–H and O–H groups in total. The van der Waals surface area contributed by atoms with Crippen LogP contribution in [-0.4, -0.2) is 21.0 Å². The topological polar surface area (TPSA) is 92.3 Å². The quantitative estimate of drug-likeness (QED) is 0.905. The molecule has 0 amide bonds. The minimum Gasteiger partial charge on any atom is -0.478 e. The van der Waals surface area contributed by atoms with E-state index in [9.17, 15) is 9.59 Å². The van der Waals surface area contributed by atoms with E-state index >= 15 is 0 Å². The first-order chi connectivity index (χ1) is 9.86. The highest BCUT2D eigenvalue weighted by atomic mass is 35.5. The predicted octanol–water partition coefficient (Wildman–Crippen LogP) is 3.04. The molecule has 0 aliphatic heterocycles. The van der Waals surface area contributed by atoms with Gasteiger partial charge in [-0.3, -0.25) is 4.79 Å². The normalized spacial score (nSPS) is 10.7. The highest BCUT2D eigenvalue weighted by Crippen LogP contribution is 2.27. The second-order valence-corrected chi connectivity index (χ2v) is 5.11. The molecule has 110 valence electrons. The highest BCUT2D eigenvalue weighted by molar-refractivity contribution is 6.31. The van der Waals surface area contributed by atoms with Crippen LogP contribution in [0.1, 0.15) is 35.9 Å². The van der Waals surface area contributed by atoms with Crippen LogP contribution in [0, 0.1) is 0 Å². The van der Waals surface area contributed by atoms with E-state index in [0.717, 1.165) is 6.07 Å². The highest BCUT2D eigenvalue weighted by Gasteiger charge is 2.14. The fourth-order valence-corrected chi connectivity index (χ4v) is 1.82. The van der Waals surface area contributed by atoms with Crippen molar-refractivity contribution in [2.24, 2.45) is 0 Å². The first kappa shape index (κ1) is 15.1. The maximum atomic E-state index is 11.6. The van der Waals surface area contributed by atoms with Gasteiger partial charge in [0, 0.05) is 10.9 Å². The van der Waals surface area contributed by atoms with Crippen LogP contribution in [-0.2, 0) is 0 Å². The van der Waals surface area contributed by atoms with Gasteiger partial charge in [0.25, 0.3) is 5.56 Å². The Morgan fingerprint density at radius 3 is 2.71 bits per heavy atom. The number of carbonyl (C=O) groups is 1. The van der Waals surface area contributed by atoms with Gasteiger partial charge in [0.1, 0.15) is 17.1 Å². The third-order valence-corrected chi connectivity index (χ3v) is 2.91. The van der Waals surface area contributed by atoms with Gasteiger partial charge in [0.15, 0.2) is 0 Å². The van der Waals surface area contributed by atoms with Crippen molar-refractivity contribution in [1.82, 2.24) is 9.97 Å². The SMILES string of the molecule is CC(C)c1nc(Oc2ccc(Cl)cc2C(=O)O)cc(=O)[nH]1. The Hall–Kier alpha value is -2.34. The Kier molecular flexibility index (Phi) is 4.28. The number of H-pyrrole nitrogens is 1. The third kappa shape index (κ3) is 3.61. The number of nitrogens with zero attached hydrogens (tertiary/aromatic N) is 1. The van der Waals surface area contributed by atoms with Gasteiger partial charge >= 0.3 is 5.97 Å². The zero-order valence-electron chi connectivity index (χ0n) is 11.4. The van der Waals surface area contributed by atoms with Crippen LogP contribution in [0.2, 0.25) is 5.02 Å². The zero-order valence-corrected chi connectivity index (χ0v) is 12.1. The molecular formula is C14H13ClN2O4. The van der Waals surface area contributed by atoms with E-state index in [1.54, 1.807) is 0 Å². The first-order valence-electron chi connectivity index (χ1n) is 6.19. The molecule has 0 bridgehead atoms. The summed E-state index contributed by atoms with van der Waals surface area (Å²) in [6.45, 7) is 3.74. The Bertz CT molecular complexity index is 740. The van der Waals surface area contributed by atoms with E-state index in [1.165, 1.54) is 18.2 Å². The molecule has 2 rings (SSSR count). The van der Waals surface area contributed by atoms with E-state index in [2.05, 4.69) is 9.97 Å². The molecule has 1 heterocycles. The van der Waals surface area contributed by atoms with Crippen LogP contribution < -0.4 is 10.3 Å². The van der Waals surface area contributed by atoms with Crippen LogP contribution >= 0.6 is 11.6 Å². The molecule has 0 aliphatic carbocycles. The molecular weight excluding hydrogens is 296 g/mol. The Balaban J connectivity index is 2.43. The average Bonchev–Trinajstić information content (AvgIpc) is 2.40. The molecule has 0 unspecified atom stereocenters. The summed E-state index contributed by atoms with van der Waals surface area (Å²) in [5.74, 6) is -0.609. The van der Waals surface area contributed by atoms with Gasteiger partial charge in [0.2, 0.25) is 5.88 Å². The number of carboxylic acids is 1. The lowest BCUT2D eigenvalue weighted by Gasteiger charge is -2.10. The van der Waals surface area contributed by atoms with Gasteiger partial charge < -0.3 is 14.8 Å². The summed E-state index contributed by atoms with van der Waals surface area (Å²) in [6.07, 6.45) is 0. The van der Waals surface area contributed by atoms with E-state index in [0.29, 0.717) is 5.82 Å². The minimum atomic E-state index is -1.18. The zero-order chi connectivity index (χ0) is 15.6. The Morgan fingerprint density at radius 1 is 1.38 bits per heavy atom. The Morgan fingerprint density at radius 2 is 2.10 bits per heavy atom. The van der Waals surface area contributed by atoms with Gasteiger partial charge in [-0.15, -0.1) is 0 Å². The number of aromatic nitrogens is 2. The fourth-order valence-electron chi connectivity index (χ4n) is 1.65. The lowest BCUT2D eigenvalue weighted by molar-refractivity contribution is 0.0694. The standard InChI is InChI=1S/C14H13ClN2O4/c1-7(2)13-16-11(18)6-12(17-13)21-10-4-3-8(15)5-9(10)14(19)20/h3-7H,1-2H3,(H,19,20)(H,16,17,18). The first-order valence-corrected chi connectivity index (χ1v) is 6.56. The summed E-state index contributed by atoms with van der Waals surface area (Å²) in [5, 5.41) is 9.42. The van der Waals surface area contributed by atoms with Gasteiger partial charge in [0.05, 0.1) is 6.07 Å². The maximum Gasteiger partial charge on any atom is 0.339 e. The molecule has 0 saturated carbocycles. The van der Waals surface area contributed by atoms with Gasteiger partial charge in [-0.25, -0.2) is 4.79 Å². The number of hydrogen-bond acceptors (Lipinski definition) is 4. The number of nitrogens with one attached hydrogen (secondary N) is 1. The summed E-state index contributed by atoms with van der Waals surface area (Å²) in [5.41, 5.74) is -0.467. The number of aromatic carboxylic acids is 1. The van der Waals surface area contributed by atoms with Crippen LogP contribution in [0.5, 0.6) is 11.6 Å². The molecule has 2 aromatic rings. The largest absolute Gasteiger partial charge is 0.478 e. The molecule has 0 spiro atoms. The van der Waals surface area contributed by atoms with Crippen molar-refractivity contribution in [2.45, 2.75) is 19.8 Å². The molecule has 6 nitrogen and oxygen atoms in total. The van der Waals surface area contributed by atoms with Crippen molar-refractivity contribution in [3.63, 3.8) is 0 Å². The number of aromatic amines is 1. The minimum absolute atomic E-state index is 0.00501. The molecule has 21 heavy (non-hydrogen) atoms. The molecule has 1 aromatic heterocycles. The van der Waals surface area contributed by atoms with Crippen LogP contribution in [0.25, 0.3) is 0 Å². The van der Waals surface area contributed by atoms with E-state index in [4.69, 9.17) is 21.4 Å². The maximum absolute atomic E-state index is 11.6. The number of carboxylic acid groups (broad SMARTS) is 1. The summed E-state index contributed by atoms with van der Waals surface area (Å²) in [7, 11) is 0. The van der Waals surface area contributed by atoms with Crippen LogP contribution in [0.15, 0.2) is 29.1 Å². The monoisotopic (exact) mass is 308 g/mol. The van der Waals surface area contributed by atoms with Gasteiger partial charge in [-0.2, -0.15) is 4.98 Å². The smallest absolute Gasteiger partial charge is 0.339 e. The lowest BCUT2D eigenvalue weighted by Crippen LogP contribution is -2.12. The number of hydrogen-bond donors (Lipinski definition) is 2. The van der Waals surface area contributed by atoms with Crippen molar-refractivity contribution >= 4 is 17.6 Å². The molecule has 0 aliphatic rings. The number of benzene rings is 1. The van der Waals surface area contributed by atoms with E-state index in [1.807, 2.05) is 13.8 Å². The van der Waals surface area contributed by atoms with E-state index < -0.39 is 5.97 Å². The van der Waals surface area contributed by atoms with Crippen molar-refractivity contribution in [3.8, 4) is 11.6 Å². The third-order valence-electron chi connectivity index (χ3n) is 2.67. The molecule has 0 atom stereocenters. The second kappa shape index (κ2) is 5.97. The van der Waals surface area contributed by atoms with E-state index in [-0.39, 0.29) is 33.7 Å². The van der Waals surface area contributed by atoms with Crippen LogP contribution in [0.3, 0.4) is 0 Å². The average molecular weight is 309 g/mol. The molecule has 0 saturated heterocycles. The summed E-state index contributed by atoms with van der Waals surface area (Å²) in [4.78, 5) is 29.5. The molecule has 0 fully saturated rings. The number of ether oxygens (including phenoxy) is 1. The van der Waals surface area contributed by atoms with Gasteiger partial charge in [-0.05, 0) is 18.2 Å². The van der Waals surface area contributed by atoms with Crippen molar-refractivity contribution in [3.05, 3.63) is 51.0 Å². The summed E-state index contributed by atoms with van der Waals surface area (Å²) >= 11 is 5.77.